The molecule has 0 bridgehead atoms. The Hall–Kier alpha value is -1.20. The van der Waals surface area contributed by atoms with E-state index in [2.05, 4.69) is 9.18 Å². The van der Waals surface area contributed by atoms with Crippen molar-refractivity contribution >= 4 is 16.3 Å². The summed E-state index contributed by atoms with van der Waals surface area (Å²) in [6.45, 7) is 0.189. The molecule has 94 valence electrons. The Morgan fingerprint density at radius 3 is 2.35 bits per heavy atom. The summed E-state index contributed by atoms with van der Waals surface area (Å²) in [7, 11) is -1.58. The standard InChI is InChI=1S/C12H17NO3S/c1-13-9-7-11-3-5-12(6-4-11)8-10-16-17(2,14)15/h3-6,9H,7-8,10H2,1-2H3. The van der Waals surface area contributed by atoms with Crippen molar-refractivity contribution in [1.29, 1.82) is 0 Å². The molecule has 0 amide bonds. The summed E-state index contributed by atoms with van der Waals surface area (Å²) in [5.74, 6) is 0. The highest BCUT2D eigenvalue weighted by Gasteiger charge is 2.01. The fraction of sp³-hybridized carbons (Fsp3) is 0.417. The molecule has 1 aromatic carbocycles. The molecule has 0 aromatic heterocycles. The third-order valence-electron chi connectivity index (χ3n) is 2.22. The van der Waals surface area contributed by atoms with Crippen LogP contribution >= 0.6 is 0 Å². The van der Waals surface area contributed by atoms with Crippen LogP contribution in [0.1, 0.15) is 11.1 Å². The van der Waals surface area contributed by atoms with Gasteiger partial charge in [0, 0.05) is 19.7 Å². The number of benzene rings is 1. The molecular formula is C12H17NO3S. The summed E-state index contributed by atoms with van der Waals surface area (Å²) in [4.78, 5) is 3.92. The van der Waals surface area contributed by atoms with E-state index < -0.39 is 10.1 Å². The van der Waals surface area contributed by atoms with Gasteiger partial charge in [-0.1, -0.05) is 24.3 Å². The maximum absolute atomic E-state index is 10.8. The molecule has 0 saturated carbocycles. The van der Waals surface area contributed by atoms with Crippen LogP contribution < -0.4 is 0 Å². The molecule has 0 aliphatic carbocycles. The molecule has 5 heteroatoms. The average molecular weight is 255 g/mol. The van der Waals surface area contributed by atoms with Gasteiger partial charge in [-0.05, 0) is 17.5 Å². The Morgan fingerprint density at radius 2 is 1.82 bits per heavy atom. The first-order valence-electron chi connectivity index (χ1n) is 5.34. The van der Waals surface area contributed by atoms with Crippen molar-refractivity contribution in [2.75, 3.05) is 19.9 Å². The maximum Gasteiger partial charge on any atom is 0.264 e. The minimum atomic E-state index is -3.33. The zero-order chi connectivity index (χ0) is 12.7. The second-order valence-corrected chi connectivity index (χ2v) is 5.38. The summed E-state index contributed by atoms with van der Waals surface area (Å²) in [5, 5.41) is 0. The monoisotopic (exact) mass is 255 g/mol. The summed E-state index contributed by atoms with van der Waals surface area (Å²) < 4.78 is 26.2. The molecule has 0 atom stereocenters. The zero-order valence-corrected chi connectivity index (χ0v) is 10.9. The lowest BCUT2D eigenvalue weighted by Gasteiger charge is -2.03. The van der Waals surface area contributed by atoms with Gasteiger partial charge in [0.05, 0.1) is 12.9 Å². The first-order chi connectivity index (χ1) is 8.01. The van der Waals surface area contributed by atoms with E-state index in [4.69, 9.17) is 0 Å². The van der Waals surface area contributed by atoms with Gasteiger partial charge in [0.1, 0.15) is 0 Å². The van der Waals surface area contributed by atoms with Gasteiger partial charge in [-0.25, -0.2) is 0 Å². The van der Waals surface area contributed by atoms with Crippen molar-refractivity contribution in [3.8, 4) is 0 Å². The highest BCUT2D eigenvalue weighted by Crippen LogP contribution is 2.06. The first-order valence-corrected chi connectivity index (χ1v) is 7.16. The van der Waals surface area contributed by atoms with Crippen LogP contribution in [0.2, 0.25) is 0 Å². The van der Waals surface area contributed by atoms with E-state index in [9.17, 15) is 8.42 Å². The lowest BCUT2D eigenvalue weighted by Crippen LogP contribution is -2.06. The Kier molecular flexibility index (Phi) is 5.31. The molecule has 0 unspecified atom stereocenters. The van der Waals surface area contributed by atoms with Gasteiger partial charge in [-0.15, -0.1) is 0 Å². The number of hydrogen-bond acceptors (Lipinski definition) is 4. The molecule has 0 aliphatic rings. The molecule has 0 N–H and O–H groups in total. The maximum atomic E-state index is 10.8. The molecule has 0 aliphatic heterocycles. The van der Waals surface area contributed by atoms with E-state index in [-0.39, 0.29) is 6.61 Å². The topological polar surface area (TPSA) is 55.7 Å². The molecule has 4 nitrogen and oxygen atoms in total. The van der Waals surface area contributed by atoms with E-state index >= 15 is 0 Å². The van der Waals surface area contributed by atoms with Crippen LogP contribution in [0, 0.1) is 0 Å². The van der Waals surface area contributed by atoms with Crippen molar-refractivity contribution < 1.29 is 12.6 Å². The third kappa shape index (κ3) is 6.19. The number of nitrogens with zero attached hydrogens (tertiary/aromatic N) is 1. The van der Waals surface area contributed by atoms with Gasteiger partial charge in [0.25, 0.3) is 10.1 Å². The van der Waals surface area contributed by atoms with E-state index in [0.717, 1.165) is 18.2 Å². The third-order valence-corrected chi connectivity index (χ3v) is 2.82. The van der Waals surface area contributed by atoms with E-state index in [1.807, 2.05) is 30.5 Å². The Bertz CT molecular complexity index is 463. The van der Waals surface area contributed by atoms with Crippen LogP contribution in [0.3, 0.4) is 0 Å². The highest BCUT2D eigenvalue weighted by molar-refractivity contribution is 7.85. The van der Waals surface area contributed by atoms with Crippen LogP contribution in [-0.2, 0) is 27.1 Å². The quantitative estimate of drug-likeness (QED) is 0.571. The Balaban J connectivity index is 2.45. The molecule has 0 radical (unpaired) electrons. The number of rotatable bonds is 6. The van der Waals surface area contributed by atoms with Gasteiger partial charge in [0.15, 0.2) is 0 Å². The number of aliphatic imine (C=N–C) groups is 1. The van der Waals surface area contributed by atoms with Crippen molar-refractivity contribution in [1.82, 2.24) is 0 Å². The van der Waals surface area contributed by atoms with Crippen molar-refractivity contribution in [2.24, 2.45) is 4.99 Å². The molecule has 0 saturated heterocycles. The Morgan fingerprint density at radius 1 is 1.24 bits per heavy atom. The second-order valence-electron chi connectivity index (χ2n) is 3.74. The fourth-order valence-electron chi connectivity index (χ4n) is 1.35. The first kappa shape index (κ1) is 13.9. The van der Waals surface area contributed by atoms with Crippen LogP contribution in [0.4, 0.5) is 0 Å². The van der Waals surface area contributed by atoms with Crippen LogP contribution in [0.15, 0.2) is 29.3 Å². The summed E-state index contributed by atoms with van der Waals surface area (Å²) in [6, 6.07) is 7.98. The largest absolute Gasteiger partial charge is 0.301 e. The van der Waals surface area contributed by atoms with Crippen molar-refractivity contribution in [2.45, 2.75) is 12.8 Å². The van der Waals surface area contributed by atoms with Gasteiger partial charge in [-0.2, -0.15) is 8.42 Å². The second kappa shape index (κ2) is 6.51. The predicted octanol–water partition coefficient (Wildman–Crippen LogP) is 1.45. The van der Waals surface area contributed by atoms with Gasteiger partial charge < -0.3 is 4.99 Å². The predicted molar refractivity (Wildman–Crippen MR) is 69.1 cm³/mol. The fourth-order valence-corrected chi connectivity index (χ4v) is 1.74. The lowest BCUT2D eigenvalue weighted by atomic mass is 10.1. The van der Waals surface area contributed by atoms with Gasteiger partial charge >= 0.3 is 0 Å². The SMILES string of the molecule is CN=CCc1ccc(CCOS(C)(=O)=O)cc1. The minimum Gasteiger partial charge on any atom is -0.301 e. The molecule has 0 heterocycles. The highest BCUT2D eigenvalue weighted by atomic mass is 32.2. The normalized spacial score (nSPS) is 12.1. The molecule has 17 heavy (non-hydrogen) atoms. The van der Waals surface area contributed by atoms with Crippen molar-refractivity contribution in [3.05, 3.63) is 35.4 Å². The lowest BCUT2D eigenvalue weighted by molar-refractivity contribution is 0.326. The van der Waals surface area contributed by atoms with Crippen molar-refractivity contribution in [3.63, 3.8) is 0 Å². The number of hydrogen-bond donors (Lipinski definition) is 0. The molecule has 0 fully saturated rings. The zero-order valence-electron chi connectivity index (χ0n) is 10.1. The van der Waals surface area contributed by atoms with Gasteiger partial charge in [-0.3, -0.25) is 4.18 Å². The van der Waals surface area contributed by atoms with Crippen LogP contribution in [-0.4, -0.2) is 34.5 Å². The smallest absolute Gasteiger partial charge is 0.264 e. The average Bonchev–Trinajstić information content (AvgIpc) is 2.26. The summed E-state index contributed by atoms with van der Waals surface area (Å²) in [6.07, 6.45) is 4.31. The minimum absolute atomic E-state index is 0.189. The Labute approximate surface area is 102 Å². The molecule has 0 spiro atoms. The van der Waals surface area contributed by atoms with Crippen LogP contribution in [0.5, 0.6) is 0 Å². The molecule has 1 aromatic rings. The van der Waals surface area contributed by atoms with Gasteiger partial charge in [0.2, 0.25) is 0 Å². The summed E-state index contributed by atoms with van der Waals surface area (Å²) >= 11 is 0. The van der Waals surface area contributed by atoms with Crippen LogP contribution in [0.25, 0.3) is 0 Å². The molecular weight excluding hydrogens is 238 g/mol. The summed E-state index contributed by atoms with van der Waals surface area (Å²) in [5.41, 5.74) is 2.24. The van der Waals surface area contributed by atoms with E-state index in [1.54, 1.807) is 7.05 Å². The van der Waals surface area contributed by atoms with E-state index in [0.29, 0.717) is 6.42 Å². The van der Waals surface area contributed by atoms with E-state index in [1.165, 1.54) is 5.56 Å². The molecule has 1 rings (SSSR count).